The third-order valence-electron chi connectivity index (χ3n) is 4.57. The average Bonchev–Trinajstić information content (AvgIpc) is 2.88. The van der Waals surface area contributed by atoms with Crippen molar-refractivity contribution in [2.24, 2.45) is 11.5 Å². The van der Waals surface area contributed by atoms with Gasteiger partial charge < -0.3 is 28.0 Å². The van der Waals surface area contributed by atoms with Gasteiger partial charge in [-0.3, -0.25) is 9.97 Å². The Hall–Kier alpha value is -2.64. The number of nitrogens with two attached hydrogens (primary N) is 4. The summed E-state index contributed by atoms with van der Waals surface area (Å²) in [6, 6.07) is -0.387. The standard InChI is InChI=1S/C17H22N6O/c1-8-15(19)11(3-2-9-5-23-10(7-24)6-22-9)12-4-13(18)17(21)14(12)16(8)20/h4-6,17,24H,2-3,7,18-21H2,1H3. The number of aryl methyl sites for hydroxylation is 1. The molecule has 0 spiro atoms. The fourth-order valence-electron chi connectivity index (χ4n) is 3.06. The zero-order valence-electron chi connectivity index (χ0n) is 13.6. The fraction of sp³-hybridized carbons (Fsp3) is 0.294. The molecule has 1 atom stereocenters. The van der Waals surface area contributed by atoms with E-state index in [1.807, 2.05) is 13.0 Å². The molecule has 0 fully saturated rings. The molecule has 1 heterocycles. The normalized spacial score (nSPS) is 16.1. The number of hydrogen-bond acceptors (Lipinski definition) is 7. The minimum Gasteiger partial charge on any atom is -0.400 e. The topological polar surface area (TPSA) is 150 Å². The molecule has 2 aromatic rings. The molecule has 126 valence electrons. The van der Waals surface area contributed by atoms with Crippen LogP contribution in [0, 0.1) is 6.92 Å². The molecule has 3 rings (SSSR count). The number of aromatic nitrogens is 2. The smallest absolute Gasteiger partial charge is 0.0868 e. The number of aliphatic hydroxyl groups is 1. The number of hydrogen-bond donors (Lipinski definition) is 5. The number of fused-ring (bicyclic) bond motifs is 1. The number of anilines is 2. The number of benzene rings is 1. The summed E-state index contributed by atoms with van der Waals surface area (Å²) < 4.78 is 0. The van der Waals surface area contributed by atoms with Crippen LogP contribution in [0.15, 0.2) is 18.1 Å². The maximum absolute atomic E-state index is 9.02. The van der Waals surface area contributed by atoms with Gasteiger partial charge in [0.15, 0.2) is 0 Å². The first-order valence-electron chi connectivity index (χ1n) is 7.77. The molecule has 1 aromatic heterocycles. The van der Waals surface area contributed by atoms with Gasteiger partial charge in [-0.1, -0.05) is 0 Å². The van der Waals surface area contributed by atoms with E-state index in [9.17, 15) is 0 Å². The molecule has 1 aliphatic carbocycles. The van der Waals surface area contributed by atoms with E-state index in [1.165, 1.54) is 0 Å². The van der Waals surface area contributed by atoms with E-state index >= 15 is 0 Å². The first-order chi connectivity index (χ1) is 11.4. The summed E-state index contributed by atoms with van der Waals surface area (Å²) >= 11 is 0. The second-order valence-electron chi connectivity index (χ2n) is 6.04. The van der Waals surface area contributed by atoms with Crippen molar-refractivity contribution in [3.63, 3.8) is 0 Å². The number of aliphatic hydroxyl groups excluding tert-OH is 1. The molecule has 0 radical (unpaired) electrons. The largest absolute Gasteiger partial charge is 0.400 e. The molecule has 0 saturated carbocycles. The summed E-state index contributed by atoms with van der Waals surface area (Å²) in [4.78, 5) is 8.45. The monoisotopic (exact) mass is 326 g/mol. The van der Waals surface area contributed by atoms with Crippen molar-refractivity contribution in [2.45, 2.75) is 32.4 Å². The lowest BCUT2D eigenvalue weighted by Crippen LogP contribution is -2.18. The van der Waals surface area contributed by atoms with Crippen molar-refractivity contribution in [1.29, 1.82) is 0 Å². The van der Waals surface area contributed by atoms with Gasteiger partial charge in [0.2, 0.25) is 0 Å². The molecule has 9 N–H and O–H groups in total. The van der Waals surface area contributed by atoms with Crippen molar-refractivity contribution >= 4 is 17.5 Å². The SMILES string of the molecule is Cc1c(N)c(CCc2cnc(CO)cn2)c2c(c1N)C(N)C(N)=C2. The molecule has 7 heteroatoms. The predicted molar refractivity (Wildman–Crippen MR) is 94.5 cm³/mol. The lowest BCUT2D eigenvalue weighted by atomic mass is 9.91. The van der Waals surface area contributed by atoms with Crippen LogP contribution in [0.3, 0.4) is 0 Å². The van der Waals surface area contributed by atoms with Gasteiger partial charge in [-0.2, -0.15) is 0 Å². The van der Waals surface area contributed by atoms with Crippen molar-refractivity contribution < 1.29 is 5.11 Å². The van der Waals surface area contributed by atoms with Crippen molar-refractivity contribution in [1.82, 2.24) is 9.97 Å². The highest BCUT2D eigenvalue weighted by Crippen LogP contribution is 2.42. The van der Waals surface area contributed by atoms with Gasteiger partial charge in [0.25, 0.3) is 0 Å². The van der Waals surface area contributed by atoms with Crippen LogP contribution in [0.25, 0.3) is 6.08 Å². The van der Waals surface area contributed by atoms with Gasteiger partial charge in [0.05, 0.1) is 30.2 Å². The zero-order valence-corrected chi connectivity index (χ0v) is 13.6. The second kappa shape index (κ2) is 6.10. The molecule has 0 amide bonds. The Morgan fingerprint density at radius 2 is 1.71 bits per heavy atom. The highest BCUT2D eigenvalue weighted by Gasteiger charge is 2.27. The molecular formula is C17H22N6O. The van der Waals surface area contributed by atoms with Gasteiger partial charge in [0.1, 0.15) is 0 Å². The van der Waals surface area contributed by atoms with Gasteiger partial charge in [-0.05, 0) is 42.5 Å². The van der Waals surface area contributed by atoms with Crippen LogP contribution < -0.4 is 22.9 Å². The van der Waals surface area contributed by atoms with E-state index in [4.69, 9.17) is 28.0 Å². The first-order valence-corrected chi connectivity index (χ1v) is 7.77. The van der Waals surface area contributed by atoms with Gasteiger partial charge >= 0.3 is 0 Å². The minimum atomic E-state index is -0.387. The molecular weight excluding hydrogens is 304 g/mol. The van der Waals surface area contributed by atoms with Crippen LogP contribution in [-0.2, 0) is 19.4 Å². The molecule has 0 bridgehead atoms. The van der Waals surface area contributed by atoms with E-state index in [2.05, 4.69) is 9.97 Å². The molecule has 1 aromatic carbocycles. The predicted octanol–water partition coefficient (Wildman–Crippen LogP) is 0.540. The lowest BCUT2D eigenvalue weighted by molar-refractivity contribution is 0.276. The third-order valence-corrected chi connectivity index (χ3v) is 4.57. The summed E-state index contributed by atoms with van der Waals surface area (Å²) in [6.07, 6.45) is 6.45. The maximum Gasteiger partial charge on any atom is 0.0868 e. The van der Waals surface area contributed by atoms with Crippen LogP contribution in [-0.4, -0.2) is 15.1 Å². The Morgan fingerprint density at radius 1 is 1.04 bits per heavy atom. The minimum absolute atomic E-state index is 0.118. The molecule has 1 aliphatic rings. The van der Waals surface area contributed by atoms with Crippen LogP contribution in [0.4, 0.5) is 11.4 Å². The van der Waals surface area contributed by atoms with Crippen LogP contribution in [0.1, 0.15) is 39.7 Å². The Labute approximate surface area is 140 Å². The Kier molecular flexibility index (Phi) is 4.13. The van der Waals surface area contributed by atoms with Crippen molar-refractivity contribution in [3.8, 4) is 0 Å². The van der Waals surface area contributed by atoms with Gasteiger partial charge in [0, 0.05) is 28.8 Å². The van der Waals surface area contributed by atoms with E-state index in [1.54, 1.807) is 12.4 Å². The third kappa shape index (κ3) is 2.57. The van der Waals surface area contributed by atoms with Crippen LogP contribution in [0.2, 0.25) is 0 Å². The lowest BCUT2D eigenvalue weighted by Gasteiger charge is -2.19. The number of rotatable bonds is 4. The Morgan fingerprint density at radius 3 is 2.33 bits per heavy atom. The van der Waals surface area contributed by atoms with Crippen LogP contribution >= 0.6 is 0 Å². The summed E-state index contributed by atoms with van der Waals surface area (Å²) in [7, 11) is 0. The Balaban J connectivity index is 1.95. The molecule has 0 aliphatic heterocycles. The van der Waals surface area contributed by atoms with E-state index < -0.39 is 0 Å². The summed E-state index contributed by atoms with van der Waals surface area (Å²) in [5.74, 6) is 0. The van der Waals surface area contributed by atoms with E-state index in [-0.39, 0.29) is 12.6 Å². The first kappa shape index (κ1) is 16.2. The average molecular weight is 326 g/mol. The quantitative estimate of drug-likeness (QED) is 0.514. The van der Waals surface area contributed by atoms with Gasteiger partial charge in [-0.25, -0.2) is 0 Å². The zero-order chi connectivity index (χ0) is 17.4. The summed E-state index contributed by atoms with van der Waals surface area (Å²) in [5.41, 5.74) is 31.5. The molecule has 7 nitrogen and oxygen atoms in total. The van der Waals surface area contributed by atoms with Crippen molar-refractivity contribution in [2.75, 3.05) is 11.5 Å². The molecule has 24 heavy (non-hydrogen) atoms. The number of nitrogen functional groups attached to an aromatic ring is 2. The van der Waals surface area contributed by atoms with E-state index in [0.29, 0.717) is 35.6 Å². The van der Waals surface area contributed by atoms with E-state index in [0.717, 1.165) is 27.9 Å². The Bertz CT molecular complexity index is 813. The second-order valence-corrected chi connectivity index (χ2v) is 6.04. The maximum atomic E-state index is 9.02. The molecule has 0 saturated heterocycles. The van der Waals surface area contributed by atoms with Crippen molar-refractivity contribution in [3.05, 3.63) is 51.7 Å². The van der Waals surface area contributed by atoms with Crippen LogP contribution in [0.5, 0.6) is 0 Å². The van der Waals surface area contributed by atoms with Gasteiger partial charge in [-0.15, -0.1) is 0 Å². The highest BCUT2D eigenvalue weighted by atomic mass is 16.3. The number of nitrogens with zero attached hydrogens (tertiary/aromatic N) is 2. The summed E-state index contributed by atoms with van der Waals surface area (Å²) in [5, 5.41) is 9.02. The summed E-state index contributed by atoms with van der Waals surface area (Å²) in [6.45, 7) is 1.78. The fourth-order valence-corrected chi connectivity index (χ4v) is 3.06. The highest BCUT2D eigenvalue weighted by molar-refractivity contribution is 5.83. The molecule has 1 unspecified atom stereocenters.